The minimum absolute atomic E-state index is 0.973. The quantitative estimate of drug-likeness (QED) is 0.651. The number of hydrogen-bond acceptors (Lipinski definition) is 1. The highest BCUT2D eigenvalue weighted by atomic mass is 14.7. The zero-order chi connectivity index (χ0) is 11.2. The monoisotopic (exact) mass is 211 g/mol. The van der Waals surface area contributed by atoms with Gasteiger partial charge in [-0.1, -0.05) is 43.4 Å². The largest absolute Gasteiger partial charge is 0.257 e. The molecule has 0 unspecified atom stereocenters. The first kappa shape index (κ1) is 10.9. The molecule has 0 aromatic carbocycles. The Balaban J connectivity index is 2.22. The molecule has 0 spiro atoms. The van der Waals surface area contributed by atoms with E-state index < -0.39 is 0 Å². The summed E-state index contributed by atoms with van der Waals surface area (Å²) in [4.78, 5) is 4.46. The van der Waals surface area contributed by atoms with Crippen LogP contribution in [0, 0.1) is 0 Å². The van der Waals surface area contributed by atoms with Gasteiger partial charge in [0.25, 0.3) is 0 Å². The van der Waals surface area contributed by atoms with Crippen LogP contribution in [0.25, 0.3) is 0 Å². The summed E-state index contributed by atoms with van der Waals surface area (Å²) in [5.41, 5.74) is 3.80. The van der Waals surface area contributed by atoms with Gasteiger partial charge in [0.15, 0.2) is 0 Å². The van der Waals surface area contributed by atoms with E-state index in [9.17, 15) is 0 Å². The van der Waals surface area contributed by atoms with Crippen molar-refractivity contribution in [3.05, 3.63) is 59.4 Å². The van der Waals surface area contributed by atoms with Gasteiger partial charge in [0, 0.05) is 6.21 Å². The first-order valence-corrected chi connectivity index (χ1v) is 5.86. The molecule has 82 valence electrons. The molecular formula is C15H17N. The molecule has 2 rings (SSSR count). The van der Waals surface area contributed by atoms with Crippen LogP contribution < -0.4 is 0 Å². The maximum absolute atomic E-state index is 4.46. The Labute approximate surface area is 97.3 Å². The molecule has 0 bridgehead atoms. The van der Waals surface area contributed by atoms with Crippen LogP contribution in [0.3, 0.4) is 0 Å². The van der Waals surface area contributed by atoms with Crippen LogP contribution in [0.4, 0.5) is 0 Å². The zero-order valence-electron chi connectivity index (χ0n) is 9.69. The molecule has 1 heteroatoms. The number of rotatable bonds is 2. The topological polar surface area (TPSA) is 12.4 Å². The average molecular weight is 211 g/mol. The van der Waals surface area contributed by atoms with Gasteiger partial charge in [-0.25, -0.2) is 0 Å². The van der Waals surface area contributed by atoms with Crippen LogP contribution in [0.15, 0.2) is 64.4 Å². The van der Waals surface area contributed by atoms with Gasteiger partial charge < -0.3 is 0 Å². The summed E-state index contributed by atoms with van der Waals surface area (Å²) in [6.07, 6.45) is 20.1. The summed E-state index contributed by atoms with van der Waals surface area (Å²) in [7, 11) is 0. The summed E-state index contributed by atoms with van der Waals surface area (Å²) in [5.74, 6) is 0. The second-order valence-corrected chi connectivity index (χ2v) is 3.92. The lowest BCUT2D eigenvalue weighted by atomic mass is 10.1. The molecule has 0 aromatic rings. The standard InChI is InChI=1S/C15H17N/c1-2-13-7-6-8-14(11-10-13)15-9-4-3-5-12-16-15/h3,5-7,9-12H,2,4,8H2,1H3. The molecule has 1 nitrogen and oxygen atoms in total. The fourth-order valence-electron chi connectivity index (χ4n) is 1.80. The van der Waals surface area contributed by atoms with Gasteiger partial charge in [0.2, 0.25) is 0 Å². The van der Waals surface area contributed by atoms with Crippen molar-refractivity contribution >= 4 is 6.21 Å². The molecule has 0 saturated carbocycles. The number of nitrogens with zero attached hydrogens (tertiary/aromatic N) is 1. The van der Waals surface area contributed by atoms with E-state index in [0.717, 1.165) is 25.0 Å². The first-order chi connectivity index (χ1) is 7.90. The van der Waals surface area contributed by atoms with Gasteiger partial charge >= 0.3 is 0 Å². The smallest absolute Gasteiger partial charge is 0.0628 e. The van der Waals surface area contributed by atoms with Crippen LogP contribution >= 0.6 is 0 Å². The summed E-state index contributed by atoms with van der Waals surface area (Å²) in [5, 5.41) is 0. The van der Waals surface area contributed by atoms with Crippen LogP contribution in [-0.2, 0) is 0 Å². The third-order valence-corrected chi connectivity index (χ3v) is 2.79. The molecule has 2 aliphatic rings. The highest BCUT2D eigenvalue weighted by Crippen LogP contribution is 2.22. The Bertz CT molecular complexity index is 428. The summed E-state index contributed by atoms with van der Waals surface area (Å²) < 4.78 is 0. The Morgan fingerprint density at radius 3 is 3.06 bits per heavy atom. The summed E-state index contributed by atoms with van der Waals surface area (Å²) >= 11 is 0. The molecule has 0 radical (unpaired) electrons. The average Bonchev–Trinajstić information content (AvgIpc) is 2.71. The molecule has 1 aliphatic carbocycles. The molecule has 0 N–H and O–H groups in total. The second kappa shape index (κ2) is 5.45. The van der Waals surface area contributed by atoms with Gasteiger partial charge in [-0.05, 0) is 36.5 Å². The minimum atomic E-state index is 0.973. The number of aliphatic imine (C=N–C) groups is 1. The Morgan fingerprint density at radius 2 is 2.19 bits per heavy atom. The van der Waals surface area contributed by atoms with E-state index in [-0.39, 0.29) is 0 Å². The highest BCUT2D eigenvalue weighted by molar-refractivity contribution is 5.73. The highest BCUT2D eigenvalue weighted by Gasteiger charge is 2.04. The van der Waals surface area contributed by atoms with E-state index in [1.54, 1.807) is 0 Å². The fourth-order valence-corrected chi connectivity index (χ4v) is 1.80. The molecule has 0 saturated heterocycles. The van der Waals surface area contributed by atoms with Crippen molar-refractivity contribution in [3.63, 3.8) is 0 Å². The van der Waals surface area contributed by atoms with Gasteiger partial charge in [0.05, 0.1) is 5.70 Å². The summed E-state index contributed by atoms with van der Waals surface area (Å²) in [6.45, 7) is 2.18. The van der Waals surface area contributed by atoms with Crippen LogP contribution in [-0.4, -0.2) is 6.21 Å². The normalized spacial score (nSPS) is 19.7. The predicted octanol–water partition coefficient (Wildman–Crippen LogP) is 4.12. The van der Waals surface area contributed by atoms with Crippen LogP contribution in [0.5, 0.6) is 0 Å². The molecule has 16 heavy (non-hydrogen) atoms. The van der Waals surface area contributed by atoms with Crippen molar-refractivity contribution in [1.82, 2.24) is 0 Å². The van der Waals surface area contributed by atoms with Crippen molar-refractivity contribution in [2.24, 2.45) is 4.99 Å². The van der Waals surface area contributed by atoms with Gasteiger partial charge in [-0.3, -0.25) is 4.99 Å². The van der Waals surface area contributed by atoms with Crippen molar-refractivity contribution in [2.45, 2.75) is 26.2 Å². The molecule has 0 fully saturated rings. The number of allylic oxidation sites excluding steroid dienone is 9. The predicted molar refractivity (Wildman–Crippen MR) is 70.5 cm³/mol. The van der Waals surface area contributed by atoms with Gasteiger partial charge in [-0.15, -0.1) is 0 Å². The van der Waals surface area contributed by atoms with E-state index in [1.807, 2.05) is 12.3 Å². The summed E-state index contributed by atoms with van der Waals surface area (Å²) in [6, 6.07) is 0. The molecule has 1 heterocycles. The lowest BCUT2D eigenvalue weighted by molar-refractivity contribution is 1.15. The number of hydrogen-bond donors (Lipinski definition) is 0. The van der Waals surface area contributed by atoms with E-state index in [4.69, 9.17) is 0 Å². The van der Waals surface area contributed by atoms with E-state index in [1.165, 1.54) is 11.1 Å². The molecule has 0 amide bonds. The fraction of sp³-hybridized carbons (Fsp3) is 0.267. The molecule has 0 aromatic heterocycles. The molecule has 0 atom stereocenters. The lowest BCUT2D eigenvalue weighted by Gasteiger charge is -2.02. The van der Waals surface area contributed by atoms with Gasteiger partial charge in [0.1, 0.15) is 0 Å². The SMILES string of the molecule is CCC1=CC=C(C2=CCC=CC=N2)CC=C1. The third-order valence-electron chi connectivity index (χ3n) is 2.79. The Hall–Kier alpha value is -1.63. The zero-order valence-corrected chi connectivity index (χ0v) is 9.69. The minimum Gasteiger partial charge on any atom is -0.257 e. The maximum atomic E-state index is 4.46. The first-order valence-electron chi connectivity index (χ1n) is 5.86. The van der Waals surface area contributed by atoms with E-state index >= 15 is 0 Å². The Kier molecular flexibility index (Phi) is 3.71. The van der Waals surface area contributed by atoms with E-state index in [2.05, 4.69) is 48.4 Å². The van der Waals surface area contributed by atoms with Gasteiger partial charge in [-0.2, -0.15) is 0 Å². The van der Waals surface area contributed by atoms with Crippen LogP contribution in [0.1, 0.15) is 26.2 Å². The van der Waals surface area contributed by atoms with Crippen molar-refractivity contribution < 1.29 is 0 Å². The van der Waals surface area contributed by atoms with Crippen molar-refractivity contribution in [3.8, 4) is 0 Å². The van der Waals surface area contributed by atoms with E-state index in [0.29, 0.717) is 0 Å². The van der Waals surface area contributed by atoms with Crippen LogP contribution in [0.2, 0.25) is 0 Å². The lowest BCUT2D eigenvalue weighted by Crippen LogP contribution is -1.85. The second-order valence-electron chi connectivity index (χ2n) is 3.92. The molecular weight excluding hydrogens is 194 g/mol. The maximum Gasteiger partial charge on any atom is 0.0628 e. The third kappa shape index (κ3) is 2.69. The molecule has 1 aliphatic heterocycles. The Morgan fingerprint density at radius 1 is 1.25 bits per heavy atom. The van der Waals surface area contributed by atoms with Crippen molar-refractivity contribution in [1.29, 1.82) is 0 Å². The van der Waals surface area contributed by atoms with Crippen molar-refractivity contribution in [2.75, 3.05) is 0 Å².